The van der Waals surface area contributed by atoms with E-state index in [1.807, 2.05) is 32.0 Å². The normalized spacial score (nSPS) is 15.5. The number of piperidine rings is 1. The molecule has 0 atom stereocenters. The predicted octanol–water partition coefficient (Wildman–Crippen LogP) is 5.45. The minimum atomic E-state index is -0.774. The quantitative estimate of drug-likeness (QED) is 0.481. The van der Waals surface area contributed by atoms with Crippen molar-refractivity contribution in [2.45, 2.75) is 46.0 Å². The van der Waals surface area contributed by atoms with Crippen molar-refractivity contribution >= 4 is 22.8 Å². The van der Waals surface area contributed by atoms with Crippen LogP contribution in [0, 0.1) is 12.3 Å². The number of aliphatic carboxylic acids is 1. The number of benzene rings is 2. The standard InChI is InChI=1S/C26H30N2O5/c1-3-26(24(29)30)12-14-28(15-13-26)25(31)32-16-6-9-22-18(2)33-23(27-22)21-11-10-19-7-4-5-8-20(19)17-21/h4-5,7-8,10-11,17H,3,6,9,12-16H2,1-2H3,(H,29,30). The van der Waals surface area contributed by atoms with Gasteiger partial charge in [0.05, 0.1) is 17.7 Å². The van der Waals surface area contributed by atoms with Crippen LogP contribution >= 0.6 is 0 Å². The smallest absolute Gasteiger partial charge is 0.409 e. The van der Waals surface area contributed by atoms with Gasteiger partial charge in [-0.25, -0.2) is 9.78 Å². The largest absolute Gasteiger partial charge is 0.481 e. The van der Waals surface area contributed by atoms with Gasteiger partial charge in [0.25, 0.3) is 0 Å². The average molecular weight is 451 g/mol. The first-order valence-electron chi connectivity index (χ1n) is 11.5. The molecule has 174 valence electrons. The van der Waals surface area contributed by atoms with E-state index in [-0.39, 0.29) is 12.7 Å². The molecule has 33 heavy (non-hydrogen) atoms. The molecule has 0 bridgehead atoms. The highest BCUT2D eigenvalue weighted by Gasteiger charge is 2.41. The first-order valence-corrected chi connectivity index (χ1v) is 11.5. The van der Waals surface area contributed by atoms with Crippen LogP contribution in [0.5, 0.6) is 0 Å². The Bertz CT molecular complexity index is 1140. The van der Waals surface area contributed by atoms with Gasteiger partial charge in [-0.05, 0) is 61.9 Å². The fourth-order valence-electron chi connectivity index (χ4n) is 4.43. The number of ether oxygens (including phenoxy) is 1. The van der Waals surface area contributed by atoms with Crippen LogP contribution in [-0.2, 0) is 16.0 Å². The van der Waals surface area contributed by atoms with E-state index in [1.54, 1.807) is 4.90 Å². The van der Waals surface area contributed by atoms with Gasteiger partial charge in [0.15, 0.2) is 0 Å². The van der Waals surface area contributed by atoms with Crippen molar-refractivity contribution < 1.29 is 23.8 Å². The topological polar surface area (TPSA) is 92.9 Å². The number of carbonyl (C=O) groups excluding carboxylic acids is 1. The number of carboxylic acids is 1. The Morgan fingerprint density at radius 2 is 1.88 bits per heavy atom. The average Bonchev–Trinajstić information content (AvgIpc) is 3.21. The van der Waals surface area contributed by atoms with Crippen molar-refractivity contribution in [2.75, 3.05) is 19.7 Å². The second-order valence-corrected chi connectivity index (χ2v) is 8.73. The Labute approximate surface area is 193 Å². The van der Waals surface area contributed by atoms with Crippen LogP contribution in [0.15, 0.2) is 46.9 Å². The number of likely N-dealkylation sites (tertiary alicyclic amines) is 1. The highest BCUT2D eigenvalue weighted by atomic mass is 16.6. The number of rotatable bonds is 7. The van der Waals surface area contributed by atoms with E-state index < -0.39 is 11.4 Å². The lowest BCUT2D eigenvalue weighted by molar-refractivity contribution is -0.152. The molecule has 1 aliphatic rings. The molecule has 4 rings (SSSR count). The third kappa shape index (κ3) is 4.87. The molecule has 1 aliphatic heterocycles. The second-order valence-electron chi connectivity index (χ2n) is 8.73. The molecular formula is C26H30N2O5. The molecule has 1 saturated heterocycles. The van der Waals surface area contributed by atoms with Crippen molar-refractivity contribution in [2.24, 2.45) is 5.41 Å². The van der Waals surface area contributed by atoms with Crippen LogP contribution in [0.4, 0.5) is 4.79 Å². The summed E-state index contributed by atoms with van der Waals surface area (Å²) in [6.07, 6.45) is 2.40. The second kappa shape index (κ2) is 9.65. The van der Waals surface area contributed by atoms with E-state index in [0.717, 1.165) is 22.4 Å². The third-order valence-electron chi connectivity index (χ3n) is 6.78. The summed E-state index contributed by atoms with van der Waals surface area (Å²) in [5.41, 5.74) is 1.08. The van der Waals surface area contributed by atoms with E-state index in [1.165, 1.54) is 5.39 Å². The summed E-state index contributed by atoms with van der Waals surface area (Å²) < 4.78 is 11.3. The zero-order valence-electron chi connectivity index (χ0n) is 19.2. The Kier molecular flexibility index (Phi) is 6.67. The number of amides is 1. The lowest BCUT2D eigenvalue weighted by atomic mass is 9.76. The highest BCUT2D eigenvalue weighted by Crippen LogP contribution is 2.35. The molecule has 1 aromatic heterocycles. The number of oxazole rings is 1. The molecule has 2 heterocycles. The van der Waals surface area contributed by atoms with Crippen LogP contribution < -0.4 is 0 Å². The SMILES string of the molecule is CCC1(C(=O)O)CCN(C(=O)OCCCc2nc(-c3ccc4ccccc4c3)oc2C)CC1. The fourth-order valence-corrected chi connectivity index (χ4v) is 4.43. The predicted molar refractivity (Wildman–Crippen MR) is 125 cm³/mol. The van der Waals surface area contributed by atoms with Crippen LogP contribution in [0.2, 0.25) is 0 Å². The molecule has 0 radical (unpaired) electrons. The lowest BCUT2D eigenvalue weighted by Crippen LogP contribution is -2.46. The number of aromatic nitrogens is 1. The number of hydrogen-bond acceptors (Lipinski definition) is 5. The molecule has 0 aliphatic carbocycles. The first-order chi connectivity index (χ1) is 15.9. The van der Waals surface area contributed by atoms with Gasteiger partial charge < -0.3 is 19.2 Å². The van der Waals surface area contributed by atoms with Crippen LogP contribution in [0.1, 0.15) is 44.1 Å². The minimum absolute atomic E-state index is 0.283. The van der Waals surface area contributed by atoms with E-state index >= 15 is 0 Å². The fraction of sp³-hybridized carbons (Fsp3) is 0.423. The minimum Gasteiger partial charge on any atom is -0.481 e. The van der Waals surface area contributed by atoms with Crippen LogP contribution in [-0.4, -0.2) is 46.7 Å². The van der Waals surface area contributed by atoms with Gasteiger partial charge >= 0.3 is 12.1 Å². The summed E-state index contributed by atoms with van der Waals surface area (Å²) in [6, 6.07) is 14.3. The molecular weight excluding hydrogens is 420 g/mol. The van der Waals surface area contributed by atoms with Gasteiger partial charge in [0.1, 0.15) is 5.76 Å². The van der Waals surface area contributed by atoms with E-state index in [2.05, 4.69) is 29.2 Å². The molecule has 2 aromatic carbocycles. The Morgan fingerprint density at radius 1 is 1.15 bits per heavy atom. The molecule has 1 fully saturated rings. The summed E-state index contributed by atoms with van der Waals surface area (Å²) in [5, 5.41) is 11.8. The van der Waals surface area contributed by atoms with Crippen LogP contribution in [0.25, 0.3) is 22.2 Å². The van der Waals surface area contributed by atoms with Gasteiger partial charge in [-0.15, -0.1) is 0 Å². The van der Waals surface area contributed by atoms with E-state index in [4.69, 9.17) is 9.15 Å². The molecule has 7 heteroatoms. The van der Waals surface area contributed by atoms with E-state index in [0.29, 0.717) is 51.1 Å². The highest BCUT2D eigenvalue weighted by molar-refractivity contribution is 5.86. The van der Waals surface area contributed by atoms with Gasteiger partial charge in [-0.3, -0.25) is 4.79 Å². The van der Waals surface area contributed by atoms with Gasteiger partial charge in [-0.2, -0.15) is 0 Å². The number of carboxylic acid groups (broad SMARTS) is 1. The summed E-state index contributed by atoms with van der Waals surface area (Å²) in [7, 11) is 0. The van der Waals surface area contributed by atoms with Gasteiger partial charge in [-0.1, -0.05) is 37.3 Å². The summed E-state index contributed by atoms with van der Waals surface area (Å²) in [6.45, 7) is 4.90. The monoisotopic (exact) mass is 450 g/mol. The molecule has 7 nitrogen and oxygen atoms in total. The number of fused-ring (bicyclic) bond motifs is 1. The van der Waals surface area contributed by atoms with Crippen molar-refractivity contribution in [3.63, 3.8) is 0 Å². The van der Waals surface area contributed by atoms with Crippen molar-refractivity contribution in [3.8, 4) is 11.5 Å². The maximum Gasteiger partial charge on any atom is 0.409 e. The van der Waals surface area contributed by atoms with E-state index in [9.17, 15) is 14.7 Å². The number of hydrogen-bond donors (Lipinski definition) is 1. The van der Waals surface area contributed by atoms with Gasteiger partial charge in [0, 0.05) is 18.7 Å². The number of aryl methyl sites for hydroxylation is 2. The summed E-state index contributed by atoms with van der Waals surface area (Å²) >= 11 is 0. The Hall–Kier alpha value is -3.35. The molecule has 3 aromatic rings. The molecule has 1 N–H and O–H groups in total. The maximum absolute atomic E-state index is 12.4. The molecule has 0 saturated carbocycles. The van der Waals surface area contributed by atoms with Crippen LogP contribution in [0.3, 0.4) is 0 Å². The maximum atomic E-state index is 12.4. The first kappa shape index (κ1) is 22.8. The third-order valence-corrected chi connectivity index (χ3v) is 6.78. The molecule has 0 unspecified atom stereocenters. The Balaban J connectivity index is 1.28. The van der Waals surface area contributed by atoms with Crippen molar-refractivity contribution in [1.82, 2.24) is 9.88 Å². The van der Waals surface area contributed by atoms with Crippen molar-refractivity contribution in [3.05, 3.63) is 53.9 Å². The van der Waals surface area contributed by atoms with Crippen molar-refractivity contribution in [1.29, 1.82) is 0 Å². The number of nitrogens with zero attached hydrogens (tertiary/aromatic N) is 2. The number of carbonyl (C=O) groups is 2. The zero-order valence-corrected chi connectivity index (χ0v) is 19.2. The molecule has 1 amide bonds. The zero-order chi connectivity index (χ0) is 23.4. The van der Waals surface area contributed by atoms with Gasteiger partial charge in [0.2, 0.25) is 5.89 Å². The lowest BCUT2D eigenvalue weighted by Gasteiger charge is -2.37. The Morgan fingerprint density at radius 3 is 2.58 bits per heavy atom. The summed E-state index contributed by atoms with van der Waals surface area (Å²) in [5.74, 6) is 0.588. The molecule has 0 spiro atoms. The summed E-state index contributed by atoms with van der Waals surface area (Å²) in [4.78, 5) is 30.2.